The van der Waals surface area contributed by atoms with Gasteiger partial charge in [0.15, 0.2) is 5.13 Å². The van der Waals surface area contributed by atoms with Crippen molar-refractivity contribution in [2.75, 3.05) is 19.5 Å². The van der Waals surface area contributed by atoms with Gasteiger partial charge in [-0.3, -0.25) is 10.1 Å². The van der Waals surface area contributed by atoms with Gasteiger partial charge in [-0.05, 0) is 42.5 Å². The molecule has 0 saturated carbocycles. The molecule has 0 aliphatic heterocycles. The van der Waals surface area contributed by atoms with Crippen LogP contribution in [0.15, 0.2) is 60.0 Å². The van der Waals surface area contributed by atoms with E-state index < -0.39 is 0 Å². The van der Waals surface area contributed by atoms with Crippen LogP contribution in [-0.4, -0.2) is 30.1 Å². The minimum Gasteiger partial charge on any atom is -0.497 e. The van der Waals surface area contributed by atoms with Crippen LogP contribution in [0.5, 0.6) is 11.5 Å². The molecule has 0 bridgehead atoms. The molecule has 9 heteroatoms. The summed E-state index contributed by atoms with van der Waals surface area (Å²) in [4.78, 5) is 23.6. The molecule has 0 aliphatic rings. The van der Waals surface area contributed by atoms with E-state index in [4.69, 9.17) is 9.47 Å². The molecule has 5 rings (SSSR count). The molecule has 5 aromatic rings. The third-order valence-corrected chi connectivity index (χ3v) is 7.79. The van der Waals surface area contributed by atoms with Gasteiger partial charge in [-0.1, -0.05) is 12.1 Å². The third kappa shape index (κ3) is 3.97. The number of fused-ring (bicyclic) bond motifs is 1. The Morgan fingerprint density at radius 1 is 0.969 bits per heavy atom. The second-order valence-electron chi connectivity index (χ2n) is 6.71. The normalized spacial score (nSPS) is 10.9. The molecule has 0 fully saturated rings. The molecule has 160 valence electrons. The van der Waals surface area contributed by atoms with E-state index in [0.717, 1.165) is 25.7 Å². The fourth-order valence-electron chi connectivity index (χ4n) is 3.18. The van der Waals surface area contributed by atoms with Crippen molar-refractivity contribution in [1.29, 1.82) is 0 Å². The lowest BCUT2D eigenvalue weighted by molar-refractivity contribution is 0.103. The molecule has 3 aromatic heterocycles. The fourth-order valence-corrected chi connectivity index (χ4v) is 5.81. The van der Waals surface area contributed by atoms with Crippen LogP contribution >= 0.6 is 34.0 Å². The minimum absolute atomic E-state index is 0.194. The first-order valence-electron chi connectivity index (χ1n) is 9.59. The summed E-state index contributed by atoms with van der Waals surface area (Å²) in [5.74, 6) is 1.20. The Bertz CT molecular complexity index is 1390. The minimum atomic E-state index is -0.194. The molecule has 0 aliphatic carbocycles. The third-order valence-electron chi connectivity index (χ3n) is 4.74. The first-order chi connectivity index (χ1) is 15.6. The van der Waals surface area contributed by atoms with Crippen molar-refractivity contribution in [3.63, 3.8) is 0 Å². The molecule has 1 amide bonds. The summed E-state index contributed by atoms with van der Waals surface area (Å²) < 4.78 is 11.9. The molecule has 3 heterocycles. The summed E-state index contributed by atoms with van der Waals surface area (Å²) >= 11 is 4.40. The number of anilines is 1. The van der Waals surface area contributed by atoms with Crippen LogP contribution in [-0.2, 0) is 0 Å². The number of thiophene rings is 1. The highest BCUT2D eigenvalue weighted by Gasteiger charge is 2.16. The molecule has 6 nitrogen and oxygen atoms in total. The number of ether oxygens (including phenoxy) is 2. The van der Waals surface area contributed by atoms with Gasteiger partial charge in [0.05, 0.1) is 39.9 Å². The lowest BCUT2D eigenvalue weighted by Gasteiger charge is -2.08. The van der Waals surface area contributed by atoms with Crippen LogP contribution in [0.4, 0.5) is 5.13 Å². The number of aromatic nitrogens is 2. The Morgan fingerprint density at radius 2 is 1.84 bits per heavy atom. The molecular formula is C23H17N3O3S3. The number of methoxy groups -OCH3 is 2. The van der Waals surface area contributed by atoms with Crippen LogP contribution in [0.25, 0.3) is 31.4 Å². The summed E-state index contributed by atoms with van der Waals surface area (Å²) in [6.45, 7) is 0. The summed E-state index contributed by atoms with van der Waals surface area (Å²) in [6, 6.07) is 17.3. The van der Waals surface area contributed by atoms with Gasteiger partial charge >= 0.3 is 0 Å². The molecule has 0 radical (unpaired) electrons. The van der Waals surface area contributed by atoms with Gasteiger partial charge in [-0.2, -0.15) is 0 Å². The van der Waals surface area contributed by atoms with Crippen LogP contribution in [0, 0.1) is 0 Å². The second-order valence-corrected chi connectivity index (χ2v) is 9.68. The van der Waals surface area contributed by atoms with Gasteiger partial charge in [0.25, 0.3) is 5.91 Å². The van der Waals surface area contributed by atoms with Gasteiger partial charge < -0.3 is 9.47 Å². The zero-order valence-electron chi connectivity index (χ0n) is 17.1. The number of hydrogen-bond acceptors (Lipinski definition) is 8. The maximum absolute atomic E-state index is 12.8. The van der Waals surface area contributed by atoms with Crippen LogP contribution in [0.2, 0.25) is 0 Å². The Hall–Kier alpha value is -3.27. The van der Waals surface area contributed by atoms with E-state index in [1.54, 1.807) is 25.6 Å². The van der Waals surface area contributed by atoms with Crippen LogP contribution in [0.3, 0.4) is 0 Å². The zero-order chi connectivity index (χ0) is 22.1. The Labute approximate surface area is 196 Å². The number of rotatable bonds is 6. The van der Waals surface area contributed by atoms with Gasteiger partial charge in [0, 0.05) is 10.9 Å². The number of benzene rings is 2. The van der Waals surface area contributed by atoms with Crippen molar-refractivity contribution in [2.45, 2.75) is 0 Å². The van der Waals surface area contributed by atoms with Crippen LogP contribution < -0.4 is 14.8 Å². The van der Waals surface area contributed by atoms with Gasteiger partial charge in [0.2, 0.25) is 0 Å². The van der Waals surface area contributed by atoms with Crippen molar-refractivity contribution < 1.29 is 14.3 Å². The lowest BCUT2D eigenvalue weighted by atomic mass is 10.1. The molecule has 0 atom stereocenters. The van der Waals surface area contributed by atoms with Gasteiger partial charge in [0.1, 0.15) is 16.5 Å². The number of amides is 1. The molecule has 0 saturated heterocycles. The van der Waals surface area contributed by atoms with E-state index in [1.807, 2.05) is 53.9 Å². The Kier molecular flexibility index (Phi) is 5.60. The maximum atomic E-state index is 12.8. The standard InChI is InChI=1S/C23H17N3O3S3/c1-28-13-7-8-17(29-2)14(11-13)16-12-30-23(25-16)26-21(27)19-9-10-20(31-19)22-24-15-5-3-4-6-18(15)32-22/h3-12H,1-2H3,(H,25,26,27). The predicted octanol–water partition coefficient (Wildman–Crippen LogP) is 6.42. The first-order valence-corrected chi connectivity index (χ1v) is 12.1. The molecule has 2 aromatic carbocycles. The van der Waals surface area contributed by atoms with Crippen molar-refractivity contribution in [3.8, 4) is 32.6 Å². The van der Waals surface area contributed by atoms with Crippen molar-refractivity contribution in [1.82, 2.24) is 9.97 Å². The number of carbonyl (C=O) groups excluding carboxylic acids is 1. The molecule has 0 unspecified atom stereocenters. The lowest BCUT2D eigenvalue weighted by Crippen LogP contribution is -2.09. The average Bonchev–Trinajstić information content (AvgIpc) is 3.57. The largest absolute Gasteiger partial charge is 0.497 e. The number of nitrogens with zero attached hydrogens (tertiary/aromatic N) is 2. The van der Waals surface area contributed by atoms with Crippen molar-refractivity contribution in [2.24, 2.45) is 0 Å². The monoisotopic (exact) mass is 479 g/mol. The van der Waals surface area contributed by atoms with E-state index >= 15 is 0 Å². The summed E-state index contributed by atoms with van der Waals surface area (Å²) in [5, 5.41) is 6.21. The zero-order valence-corrected chi connectivity index (χ0v) is 19.6. The fraction of sp³-hybridized carbons (Fsp3) is 0.0870. The number of carbonyl (C=O) groups is 1. The number of thiazole rings is 2. The van der Waals surface area contributed by atoms with Gasteiger partial charge in [-0.15, -0.1) is 34.0 Å². The molecule has 32 heavy (non-hydrogen) atoms. The predicted molar refractivity (Wildman–Crippen MR) is 132 cm³/mol. The van der Waals surface area contributed by atoms with E-state index in [0.29, 0.717) is 27.2 Å². The Balaban J connectivity index is 1.35. The number of hydrogen-bond donors (Lipinski definition) is 1. The number of para-hydroxylation sites is 1. The Morgan fingerprint density at radius 3 is 2.66 bits per heavy atom. The van der Waals surface area contributed by atoms with E-state index in [2.05, 4.69) is 21.4 Å². The SMILES string of the molecule is COc1ccc(OC)c(-c2csc(NC(=O)c3ccc(-c4nc5ccccc5s4)s3)n2)c1. The van der Waals surface area contributed by atoms with Crippen molar-refractivity contribution in [3.05, 3.63) is 64.9 Å². The van der Waals surface area contributed by atoms with E-state index in [-0.39, 0.29) is 5.91 Å². The highest BCUT2D eigenvalue weighted by atomic mass is 32.1. The quantitative estimate of drug-likeness (QED) is 0.304. The van der Waals surface area contributed by atoms with E-state index in [1.165, 1.54) is 22.7 Å². The highest BCUT2D eigenvalue weighted by molar-refractivity contribution is 7.26. The van der Waals surface area contributed by atoms with Crippen LogP contribution in [0.1, 0.15) is 9.67 Å². The summed E-state index contributed by atoms with van der Waals surface area (Å²) in [5.41, 5.74) is 2.48. The van der Waals surface area contributed by atoms with Crippen molar-refractivity contribution >= 4 is 55.3 Å². The first kappa shape index (κ1) is 20.6. The average molecular weight is 480 g/mol. The molecule has 0 spiro atoms. The summed E-state index contributed by atoms with van der Waals surface area (Å²) in [7, 11) is 3.22. The summed E-state index contributed by atoms with van der Waals surface area (Å²) in [6.07, 6.45) is 0. The number of nitrogens with one attached hydrogen (secondary N) is 1. The molecular weight excluding hydrogens is 462 g/mol. The van der Waals surface area contributed by atoms with E-state index in [9.17, 15) is 4.79 Å². The van der Waals surface area contributed by atoms with Gasteiger partial charge in [-0.25, -0.2) is 9.97 Å². The maximum Gasteiger partial charge on any atom is 0.267 e. The molecule has 1 N–H and O–H groups in total. The second kappa shape index (κ2) is 8.70. The highest BCUT2D eigenvalue weighted by Crippen LogP contribution is 2.36. The topological polar surface area (TPSA) is 73.3 Å². The smallest absolute Gasteiger partial charge is 0.267 e.